The third kappa shape index (κ3) is 3.01. The number of hydrogen-bond acceptors (Lipinski definition) is 4. The van der Waals surface area contributed by atoms with E-state index in [1.807, 2.05) is 5.38 Å². The van der Waals surface area contributed by atoms with E-state index in [1.165, 1.54) is 0 Å². The minimum absolute atomic E-state index is 0.0362. The topological polar surface area (TPSA) is 42.9 Å². The van der Waals surface area contributed by atoms with Crippen LogP contribution < -0.4 is 0 Å². The van der Waals surface area contributed by atoms with Gasteiger partial charge in [0.1, 0.15) is 5.01 Å². The summed E-state index contributed by atoms with van der Waals surface area (Å²) >= 11 is 1.55. The van der Waals surface area contributed by atoms with Crippen molar-refractivity contribution in [3.8, 4) is 0 Å². The van der Waals surface area contributed by atoms with E-state index < -0.39 is 0 Å². The Bertz CT molecular complexity index is 540. The quantitative estimate of drug-likeness (QED) is 0.795. The molecule has 0 saturated carbocycles. The molecule has 0 radical (unpaired) electrons. The van der Waals surface area contributed by atoms with E-state index in [1.54, 1.807) is 35.9 Å². The average Bonchev–Trinajstić information content (AvgIpc) is 2.78. The van der Waals surface area contributed by atoms with Crippen molar-refractivity contribution in [2.24, 2.45) is 0 Å². The van der Waals surface area contributed by atoms with Gasteiger partial charge in [0.25, 0.3) is 0 Å². The maximum Gasteiger partial charge on any atom is 0.169 e. The first-order chi connectivity index (χ1) is 8.47. The Morgan fingerprint density at radius 1 is 1.28 bits per heavy atom. The number of thiazole rings is 1. The van der Waals surface area contributed by atoms with Crippen LogP contribution in [0.1, 0.15) is 41.8 Å². The lowest BCUT2D eigenvalue weighted by Gasteiger charge is -2.14. The van der Waals surface area contributed by atoms with Gasteiger partial charge in [-0.05, 0) is 12.1 Å². The minimum atomic E-state index is 0.0362. The van der Waals surface area contributed by atoms with Gasteiger partial charge in [-0.1, -0.05) is 20.8 Å². The van der Waals surface area contributed by atoms with Crippen LogP contribution in [-0.4, -0.2) is 15.8 Å². The molecular formula is C14H16N2OS. The Morgan fingerprint density at radius 3 is 2.50 bits per heavy atom. The van der Waals surface area contributed by atoms with E-state index in [4.69, 9.17) is 0 Å². The van der Waals surface area contributed by atoms with Crippen LogP contribution in [0.25, 0.3) is 0 Å². The monoisotopic (exact) mass is 260 g/mol. The summed E-state index contributed by atoms with van der Waals surface area (Å²) in [6.07, 6.45) is 3.64. The summed E-state index contributed by atoms with van der Waals surface area (Å²) in [6, 6.07) is 3.47. The summed E-state index contributed by atoms with van der Waals surface area (Å²) < 4.78 is 0. The summed E-state index contributed by atoms with van der Waals surface area (Å²) in [4.78, 5) is 20.4. The Balaban J connectivity index is 2.11. The average molecular weight is 260 g/mol. The zero-order valence-electron chi connectivity index (χ0n) is 10.8. The van der Waals surface area contributed by atoms with Crippen molar-refractivity contribution >= 4 is 17.1 Å². The molecule has 4 heteroatoms. The van der Waals surface area contributed by atoms with Gasteiger partial charge in [-0.2, -0.15) is 0 Å². The lowest BCUT2D eigenvalue weighted by molar-refractivity contribution is 0.0992. The zero-order chi connectivity index (χ0) is 13.2. The molecular weight excluding hydrogens is 244 g/mol. The molecule has 0 bridgehead atoms. The molecule has 0 aliphatic rings. The molecule has 3 nitrogen and oxygen atoms in total. The molecule has 0 N–H and O–H groups in total. The summed E-state index contributed by atoms with van der Waals surface area (Å²) in [7, 11) is 0. The van der Waals surface area contributed by atoms with Crippen molar-refractivity contribution in [2.75, 3.05) is 0 Å². The standard InChI is InChI=1S/C14H16N2OS/c1-14(2,3)12-9-18-13(16-12)8-11(17)10-4-6-15-7-5-10/h4-7,9H,8H2,1-3H3. The second kappa shape index (κ2) is 4.98. The van der Waals surface area contributed by atoms with Crippen LogP contribution in [0.5, 0.6) is 0 Å². The first-order valence-corrected chi connectivity index (χ1v) is 6.73. The van der Waals surface area contributed by atoms with Gasteiger partial charge < -0.3 is 0 Å². The van der Waals surface area contributed by atoms with Crippen LogP contribution in [0.4, 0.5) is 0 Å². The fourth-order valence-electron chi connectivity index (χ4n) is 1.51. The summed E-state index contributed by atoms with van der Waals surface area (Å²) in [5.74, 6) is 0.0900. The number of ketones is 1. The van der Waals surface area contributed by atoms with Crippen LogP contribution >= 0.6 is 11.3 Å². The number of hydrogen-bond donors (Lipinski definition) is 0. The van der Waals surface area contributed by atoms with Crippen molar-refractivity contribution in [2.45, 2.75) is 32.6 Å². The number of carbonyl (C=O) groups excluding carboxylic acids is 1. The predicted octanol–water partition coefficient (Wildman–Crippen LogP) is 3.26. The van der Waals surface area contributed by atoms with Gasteiger partial charge in [0.15, 0.2) is 5.78 Å². The minimum Gasteiger partial charge on any atom is -0.294 e. The molecule has 2 aromatic heterocycles. The number of Topliss-reactive ketones (excluding diaryl/α,β-unsaturated/α-hetero) is 1. The fourth-order valence-corrected chi connectivity index (χ4v) is 2.53. The molecule has 0 aromatic carbocycles. The van der Waals surface area contributed by atoms with E-state index in [2.05, 4.69) is 30.7 Å². The number of aromatic nitrogens is 2. The first kappa shape index (κ1) is 12.9. The van der Waals surface area contributed by atoms with Crippen molar-refractivity contribution in [1.29, 1.82) is 0 Å². The van der Waals surface area contributed by atoms with Crippen molar-refractivity contribution in [1.82, 2.24) is 9.97 Å². The maximum atomic E-state index is 12.0. The largest absolute Gasteiger partial charge is 0.294 e. The SMILES string of the molecule is CC(C)(C)c1csc(CC(=O)c2ccncc2)n1. The Labute approximate surface area is 111 Å². The highest BCUT2D eigenvalue weighted by Crippen LogP contribution is 2.24. The highest BCUT2D eigenvalue weighted by atomic mass is 32.1. The number of pyridine rings is 1. The predicted molar refractivity (Wildman–Crippen MR) is 73.1 cm³/mol. The molecule has 2 rings (SSSR count). The molecule has 0 aliphatic heterocycles. The molecule has 18 heavy (non-hydrogen) atoms. The molecule has 0 atom stereocenters. The van der Waals surface area contributed by atoms with Crippen LogP contribution in [0.2, 0.25) is 0 Å². The van der Waals surface area contributed by atoms with Gasteiger partial charge in [-0.15, -0.1) is 11.3 Å². The van der Waals surface area contributed by atoms with Gasteiger partial charge in [0.2, 0.25) is 0 Å². The van der Waals surface area contributed by atoms with Gasteiger partial charge in [-0.25, -0.2) is 4.98 Å². The normalized spacial score (nSPS) is 11.5. The molecule has 0 aliphatic carbocycles. The second-order valence-corrected chi connectivity index (χ2v) is 6.15. The van der Waals surface area contributed by atoms with Crippen molar-refractivity contribution < 1.29 is 4.79 Å². The zero-order valence-corrected chi connectivity index (χ0v) is 11.6. The molecule has 2 aromatic rings. The molecule has 0 fully saturated rings. The van der Waals surface area contributed by atoms with Crippen LogP contribution in [0.3, 0.4) is 0 Å². The van der Waals surface area contributed by atoms with E-state index in [-0.39, 0.29) is 11.2 Å². The Morgan fingerprint density at radius 2 is 1.94 bits per heavy atom. The maximum absolute atomic E-state index is 12.0. The van der Waals surface area contributed by atoms with E-state index in [9.17, 15) is 4.79 Å². The fraction of sp³-hybridized carbons (Fsp3) is 0.357. The van der Waals surface area contributed by atoms with Gasteiger partial charge >= 0.3 is 0 Å². The highest BCUT2D eigenvalue weighted by molar-refractivity contribution is 7.09. The van der Waals surface area contributed by atoms with Crippen molar-refractivity contribution in [3.05, 3.63) is 46.2 Å². The van der Waals surface area contributed by atoms with Crippen LogP contribution in [0.15, 0.2) is 29.9 Å². The van der Waals surface area contributed by atoms with Gasteiger partial charge in [0, 0.05) is 28.8 Å². The van der Waals surface area contributed by atoms with Crippen LogP contribution in [-0.2, 0) is 11.8 Å². The second-order valence-electron chi connectivity index (χ2n) is 5.21. The first-order valence-electron chi connectivity index (χ1n) is 5.85. The number of carbonyl (C=O) groups is 1. The highest BCUT2D eigenvalue weighted by Gasteiger charge is 2.18. The van der Waals surface area contributed by atoms with Gasteiger partial charge in [-0.3, -0.25) is 9.78 Å². The third-order valence-electron chi connectivity index (χ3n) is 2.63. The lowest BCUT2D eigenvalue weighted by Crippen LogP contribution is -2.12. The Hall–Kier alpha value is -1.55. The van der Waals surface area contributed by atoms with E-state index in [0.717, 1.165) is 10.7 Å². The lowest BCUT2D eigenvalue weighted by atomic mass is 9.93. The summed E-state index contributed by atoms with van der Waals surface area (Å²) in [5.41, 5.74) is 1.77. The molecule has 0 spiro atoms. The molecule has 0 amide bonds. The van der Waals surface area contributed by atoms with E-state index >= 15 is 0 Å². The smallest absolute Gasteiger partial charge is 0.169 e. The summed E-state index contributed by atoms with van der Waals surface area (Å²) in [5, 5.41) is 2.91. The van der Waals surface area contributed by atoms with Crippen molar-refractivity contribution in [3.63, 3.8) is 0 Å². The van der Waals surface area contributed by atoms with Crippen LogP contribution in [0, 0.1) is 0 Å². The molecule has 0 unspecified atom stereocenters. The number of nitrogens with zero attached hydrogens (tertiary/aromatic N) is 2. The number of rotatable bonds is 3. The molecule has 2 heterocycles. The van der Waals surface area contributed by atoms with E-state index in [0.29, 0.717) is 12.0 Å². The Kier molecular flexibility index (Phi) is 3.57. The molecule has 0 saturated heterocycles. The third-order valence-corrected chi connectivity index (χ3v) is 3.48. The van der Waals surface area contributed by atoms with Gasteiger partial charge in [0.05, 0.1) is 12.1 Å². The molecule has 94 valence electrons. The summed E-state index contributed by atoms with van der Waals surface area (Å²) in [6.45, 7) is 6.36.